The van der Waals surface area contributed by atoms with Crippen molar-refractivity contribution >= 4 is 8.32 Å². The molecule has 0 amide bonds. The molecule has 1 rings (SSSR count). The number of nitrogens with zero attached hydrogens (tertiary/aromatic N) is 3. The summed E-state index contributed by atoms with van der Waals surface area (Å²) >= 11 is 0. The zero-order valence-corrected chi connectivity index (χ0v) is 25.9. The highest BCUT2D eigenvalue weighted by molar-refractivity contribution is 6.71. The van der Waals surface area contributed by atoms with E-state index in [2.05, 4.69) is 48.6 Å². The van der Waals surface area contributed by atoms with Crippen LogP contribution in [0.15, 0.2) is 0 Å². The number of unbranched alkanes of at least 4 members (excludes halogenated alkanes) is 11. The molecule has 0 N–H and O–H groups in total. The standard InChI is InChI=1S/C30H65N3OSi/c1-6-9-11-17-21-31(22-18-12-10-7-2)24-27-33-28-25-32(26-29-33)23-19-15-13-14-16-20-30-35(4,5)34-8-3/h6-30H2,1-5H3. The fourth-order valence-electron chi connectivity index (χ4n) is 5.44. The average molecular weight is 512 g/mol. The molecule has 1 aliphatic rings. The summed E-state index contributed by atoms with van der Waals surface area (Å²) in [4.78, 5) is 8.23. The fourth-order valence-corrected chi connectivity index (χ4v) is 7.46. The van der Waals surface area contributed by atoms with Crippen LogP contribution in [0.25, 0.3) is 0 Å². The van der Waals surface area contributed by atoms with Gasteiger partial charge < -0.3 is 14.2 Å². The van der Waals surface area contributed by atoms with Gasteiger partial charge in [0.2, 0.25) is 0 Å². The van der Waals surface area contributed by atoms with Gasteiger partial charge >= 0.3 is 0 Å². The Kier molecular flexibility index (Phi) is 20.9. The molecule has 0 aliphatic carbocycles. The van der Waals surface area contributed by atoms with Crippen LogP contribution in [0.3, 0.4) is 0 Å². The van der Waals surface area contributed by atoms with Gasteiger partial charge in [-0.2, -0.15) is 0 Å². The van der Waals surface area contributed by atoms with Crippen molar-refractivity contribution in [3.8, 4) is 0 Å². The predicted molar refractivity (Wildman–Crippen MR) is 159 cm³/mol. The normalized spacial score (nSPS) is 15.9. The highest BCUT2D eigenvalue weighted by Gasteiger charge is 2.20. The first kappa shape index (κ1) is 33.1. The van der Waals surface area contributed by atoms with Gasteiger partial charge in [0.1, 0.15) is 0 Å². The fraction of sp³-hybridized carbons (Fsp3) is 1.00. The second-order valence-electron chi connectivity index (χ2n) is 11.7. The molecule has 4 nitrogen and oxygen atoms in total. The van der Waals surface area contributed by atoms with E-state index in [1.807, 2.05) is 0 Å². The predicted octanol–water partition coefficient (Wildman–Crippen LogP) is 7.65. The maximum Gasteiger partial charge on any atom is 0.186 e. The number of piperazine rings is 1. The lowest BCUT2D eigenvalue weighted by Gasteiger charge is -2.36. The lowest BCUT2D eigenvalue weighted by atomic mass is 10.1. The topological polar surface area (TPSA) is 19.0 Å². The molecule has 1 fully saturated rings. The van der Waals surface area contributed by atoms with Crippen molar-refractivity contribution in [1.29, 1.82) is 0 Å². The van der Waals surface area contributed by atoms with Crippen LogP contribution in [0.1, 0.15) is 111 Å². The Balaban J connectivity index is 2.08. The smallest absolute Gasteiger partial charge is 0.186 e. The van der Waals surface area contributed by atoms with Crippen molar-refractivity contribution in [3.63, 3.8) is 0 Å². The van der Waals surface area contributed by atoms with E-state index in [-0.39, 0.29) is 0 Å². The van der Waals surface area contributed by atoms with E-state index in [0.29, 0.717) is 0 Å². The number of hydrogen-bond donors (Lipinski definition) is 0. The highest BCUT2D eigenvalue weighted by Crippen LogP contribution is 2.17. The van der Waals surface area contributed by atoms with Crippen LogP contribution in [-0.2, 0) is 4.43 Å². The molecule has 1 heterocycles. The molecular formula is C30H65N3OSi. The second-order valence-corrected chi connectivity index (χ2v) is 16.0. The first-order chi connectivity index (χ1) is 17.0. The maximum absolute atomic E-state index is 5.95. The van der Waals surface area contributed by atoms with E-state index < -0.39 is 8.32 Å². The Morgan fingerprint density at radius 2 is 1.06 bits per heavy atom. The molecule has 0 radical (unpaired) electrons. The van der Waals surface area contributed by atoms with E-state index >= 15 is 0 Å². The van der Waals surface area contributed by atoms with Crippen LogP contribution < -0.4 is 0 Å². The minimum Gasteiger partial charge on any atom is -0.418 e. The molecule has 5 heteroatoms. The zero-order chi connectivity index (χ0) is 25.6. The first-order valence-electron chi connectivity index (χ1n) is 15.8. The maximum atomic E-state index is 5.95. The third-order valence-electron chi connectivity index (χ3n) is 7.89. The minimum atomic E-state index is -1.35. The average Bonchev–Trinajstić information content (AvgIpc) is 2.84. The summed E-state index contributed by atoms with van der Waals surface area (Å²) in [6, 6.07) is 1.33. The third-order valence-corrected chi connectivity index (χ3v) is 10.5. The van der Waals surface area contributed by atoms with E-state index in [4.69, 9.17) is 4.43 Å². The van der Waals surface area contributed by atoms with Crippen molar-refractivity contribution < 1.29 is 4.43 Å². The molecule has 1 aliphatic heterocycles. The molecule has 0 bridgehead atoms. The van der Waals surface area contributed by atoms with Crippen LogP contribution in [0, 0.1) is 0 Å². The summed E-state index contributed by atoms with van der Waals surface area (Å²) < 4.78 is 5.95. The molecule has 0 aromatic heterocycles. The molecule has 0 aromatic carbocycles. The van der Waals surface area contributed by atoms with Gasteiger partial charge in [-0.05, 0) is 65.0 Å². The van der Waals surface area contributed by atoms with E-state index in [0.717, 1.165) is 6.61 Å². The molecule has 0 saturated carbocycles. The van der Waals surface area contributed by atoms with Crippen LogP contribution in [0.5, 0.6) is 0 Å². The lowest BCUT2D eigenvalue weighted by molar-refractivity contribution is 0.116. The molecule has 0 unspecified atom stereocenters. The minimum absolute atomic E-state index is 0.893. The first-order valence-corrected chi connectivity index (χ1v) is 18.9. The van der Waals surface area contributed by atoms with Crippen molar-refractivity contribution in [3.05, 3.63) is 0 Å². The summed E-state index contributed by atoms with van der Waals surface area (Å²) in [7, 11) is -1.35. The Morgan fingerprint density at radius 1 is 0.571 bits per heavy atom. The molecule has 0 spiro atoms. The van der Waals surface area contributed by atoms with Crippen LogP contribution in [-0.4, -0.2) is 88.5 Å². The lowest BCUT2D eigenvalue weighted by Crippen LogP contribution is -2.48. The molecular weight excluding hydrogens is 446 g/mol. The van der Waals surface area contributed by atoms with Crippen molar-refractivity contribution in [2.24, 2.45) is 0 Å². The van der Waals surface area contributed by atoms with E-state index in [1.54, 1.807) is 0 Å². The van der Waals surface area contributed by atoms with E-state index in [1.165, 1.54) is 155 Å². The van der Waals surface area contributed by atoms with Gasteiger partial charge in [0.05, 0.1) is 0 Å². The largest absolute Gasteiger partial charge is 0.418 e. The highest BCUT2D eigenvalue weighted by atomic mass is 28.4. The second kappa shape index (κ2) is 22.1. The summed E-state index contributed by atoms with van der Waals surface area (Å²) in [5.41, 5.74) is 0. The van der Waals surface area contributed by atoms with Gasteiger partial charge in [0, 0.05) is 45.9 Å². The van der Waals surface area contributed by atoms with E-state index in [9.17, 15) is 0 Å². The Hall–Kier alpha value is 0.0569. The summed E-state index contributed by atoms with van der Waals surface area (Å²) in [6.07, 6.45) is 19.5. The van der Waals surface area contributed by atoms with Gasteiger partial charge in [-0.25, -0.2) is 0 Å². The SMILES string of the molecule is CCCCCCN(CCCCCC)CCN1CCN(CCCCCCCC[Si](C)(C)OCC)CC1. The van der Waals surface area contributed by atoms with Gasteiger partial charge in [-0.1, -0.05) is 84.5 Å². The number of hydrogen-bond acceptors (Lipinski definition) is 4. The number of rotatable bonds is 24. The summed E-state index contributed by atoms with van der Waals surface area (Å²) in [5, 5.41) is 0. The van der Waals surface area contributed by atoms with Crippen molar-refractivity contribution in [2.75, 3.05) is 65.5 Å². The molecule has 210 valence electrons. The van der Waals surface area contributed by atoms with Crippen molar-refractivity contribution in [1.82, 2.24) is 14.7 Å². The van der Waals surface area contributed by atoms with Gasteiger partial charge in [0.15, 0.2) is 8.32 Å². The molecule has 0 aromatic rings. The zero-order valence-electron chi connectivity index (χ0n) is 24.9. The summed E-state index contributed by atoms with van der Waals surface area (Å²) in [6.45, 7) is 24.0. The monoisotopic (exact) mass is 511 g/mol. The van der Waals surface area contributed by atoms with Crippen LogP contribution >= 0.6 is 0 Å². The Bertz CT molecular complexity index is 443. The van der Waals surface area contributed by atoms with Gasteiger partial charge in [-0.15, -0.1) is 0 Å². The van der Waals surface area contributed by atoms with Crippen molar-refractivity contribution in [2.45, 2.75) is 130 Å². The molecule has 1 saturated heterocycles. The molecule has 35 heavy (non-hydrogen) atoms. The quantitative estimate of drug-likeness (QED) is 0.0978. The van der Waals surface area contributed by atoms with Gasteiger partial charge in [-0.3, -0.25) is 4.90 Å². The molecule has 0 atom stereocenters. The Morgan fingerprint density at radius 3 is 1.60 bits per heavy atom. The third kappa shape index (κ3) is 18.9. The summed E-state index contributed by atoms with van der Waals surface area (Å²) in [5.74, 6) is 0. The van der Waals surface area contributed by atoms with Crippen LogP contribution in [0.4, 0.5) is 0 Å². The van der Waals surface area contributed by atoms with Gasteiger partial charge in [0.25, 0.3) is 0 Å². The van der Waals surface area contributed by atoms with Crippen LogP contribution in [0.2, 0.25) is 19.1 Å². The Labute approximate surface area is 222 Å².